The van der Waals surface area contributed by atoms with Crippen molar-refractivity contribution in [2.24, 2.45) is 5.92 Å². The van der Waals surface area contributed by atoms with E-state index in [1.54, 1.807) is 7.11 Å². The molecule has 3 nitrogen and oxygen atoms in total. The van der Waals surface area contributed by atoms with Crippen LogP contribution in [0.5, 0.6) is 11.5 Å². The zero-order valence-electron chi connectivity index (χ0n) is 14.3. The fraction of sp³-hybridized carbons (Fsp3) is 0.350. The van der Waals surface area contributed by atoms with Crippen molar-refractivity contribution >= 4 is 5.78 Å². The van der Waals surface area contributed by atoms with Crippen LogP contribution in [0.2, 0.25) is 0 Å². The Balaban J connectivity index is 2.05. The summed E-state index contributed by atoms with van der Waals surface area (Å²) in [6.07, 6.45) is -0.263. The lowest BCUT2D eigenvalue weighted by Gasteiger charge is -2.32. The molecule has 1 heterocycles. The van der Waals surface area contributed by atoms with Gasteiger partial charge in [-0.1, -0.05) is 19.1 Å². The Morgan fingerprint density at radius 2 is 1.78 bits per heavy atom. The molecule has 2 aromatic rings. The van der Waals surface area contributed by atoms with E-state index >= 15 is 0 Å². The minimum absolute atomic E-state index is 0.155. The summed E-state index contributed by atoms with van der Waals surface area (Å²) in [4.78, 5) is 12.8. The lowest BCUT2D eigenvalue weighted by atomic mass is 9.84. The van der Waals surface area contributed by atoms with Gasteiger partial charge in [0.15, 0.2) is 5.78 Å². The highest BCUT2D eigenvalue weighted by Gasteiger charge is 2.36. The molecule has 120 valence electrons. The molecule has 0 radical (unpaired) electrons. The standard InChI is InChI=1S/C20H22O3/c1-11-8-13(3)18-17(9-11)23-20(14(4)19(18)21)15-6-7-16(22-5)12(2)10-15/h6-10,14,20H,1-5H3. The van der Waals surface area contributed by atoms with Crippen LogP contribution in [0.1, 0.15) is 45.6 Å². The predicted octanol–water partition coefficient (Wildman–Crippen LogP) is 4.57. The van der Waals surface area contributed by atoms with Crippen LogP contribution >= 0.6 is 0 Å². The number of methoxy groups -OCH3 is 1. The highest BCUT2D eigenvalue weighted by Crippen LogP contribution is 2.41. The van der Waals surface area contributed by atoms with Gasteiger partial charge >= 0.3 is 0 Å². The third-order valence-electron chi connectivity index (χ3n) is 4.56. The second-order valence-electron chi connectivity index (χ2n) is 6.38. The fourth-order valence-corrected chi connectivity index (χ4v) is 3.38. The maximum Gasteiger partial charge on any atom is 0.173 e. The normalized spacial score (nSPS) is 20.0. The average molecular weight is 310 g/mol. The maximum absolute atomic E-state index is 12.8. The van der Waals surface area contributed by atoms with Gasteiger partial charge in [-0.3, -0.25) is 4.79 Å². The largest absolute Gasteiger partial charge is 0.496 e. The van der Waals surface area contributed by atoms with Gasteiger partial charge in [0.1, 0.15) is 17.6 Å². The molecule has 0 bridgehead atoms. The molecule has 0 aliphatic carbocycles. The molecular formula is C20H22O3. The Morgan fingerprint density at radius 3 is 2.43 bits per heavy atom. The number of benzene rings is 2. The van der Waals surface area contributed by atoms with Crippen molar-refractivity contribution in [2.45, 2.75) is 33.8 Å². The highest BCUT2D eigenvalue weighted by molar-refractivity contribution is 6.02. The molecule has 2 atom stereocenters. The van der Waals surface area contributed by atoms with E-state index in [0.717, 1.165) is 33.6 Å². The minimum atomic E-state index is -0.263. The molecule has 0 amide bonds. The second-order valence-corrected chi connectivity index (χ2v) is 6.38. The zero-order valence-corrected chi connectivity index (χ0v) is 14.3. The summed E-state index contributed by atoms with van der Waals surface area (Å²) in [7, 11) is 1.66. The van der Waals surface area contributed by atoms with Gasteiger partial charge in [0.05, 0.1) is 18.6 Å². The molecule has 3 rings (SSSR count). The monoisotopic (exact) mass is 310 g/mol. The number of rotatable bonds is 2. The van der Waals surface area contributed by atoms with Crippen molar-refractivity contribution in [3.63, 3.8) is 0 Å². The van der Waals surface area contributed by atoms with E-state index in [9.17, 15) is 4.79 Å². The van der Waals surface area contributed by atoms with E-state index in [2.05, 4.69) is 0 Å². The first-order valence-electron chi connectivity index (χ1n) is 7.89. The van der Waals surface area contributed by atoms with Gasteiger partial charge in [0, 0.05) is 0 Å². The zero-order chi connectivity index (χ0) is 16.7. The lowest BCUT2D eigenvalue weighted by Crippen LogP contribution is -2.30. The van der Waals surface area contributed by atoms with Crippen LogP contribution in [0.15, 0.2) is 30.3 Å². The van der Waals surface area contributed by atoms with E-state index in [4.69, 9.17) is 9.47 Å². The minimum Gasteiger partial charge on any atom is -0.496 e. The number of aryl methyl sites for hydroxylation is 3. The number of hydrogen-bond donors (Lipinski definition) is 0. The average Bonchev–Trinajstić information content (AvgIpc) is 2.50. The highest BCUT2D eigenvalue weighted by atomic mass is 16.5. The summed E-state index contributed by atoms with van der Waals surface area (Å²) in [5.41, 5.74) is 4.87. The molecular weight excluding hydrogens is 288 g/mol. The van der Waals surface area contributed by atoms with Gasteiger partial charge in [-0.05, 0) is 61.2 Å². The summed E-state index contributed by atoms with van der Waals surface area (Å²) in [6.45, 7) is 7.93. The van der Waals surface area contributed by atoms with E-state index in [1.165, 1.54) is 0 Å². The molecule has 0 fully saturated rings. The Hall–Kier alpha value is -2.29. The summed E-state index contributed by atoms with van der Waals surface area (Å²) in [5.74, 6) is 1.48. The molecule has 0 aromatic heterocycles. The number of fused-ring (bicyclic) bond motifs is 1. The molecule has 1 aliphatic heterocycles. The Morgan fingerprint density at radius 1 is 1.04 bits per heavy atom. The third kappa shape index (κ3) is 2.61. The van der Waals surface area contributed by atoms with Crippen molar-refractivity contribution in [3.8, 4) is 11.5 Å². The van der Waals surface area contributed by atoms with Crippen molar-refractivity contribution in [1.29, 1.82) is 0 Å². The third-order valence-corrected chi connectivity index (χ3v) is 4.56. The number of hydrogen-bond acceptors (Lipinski definition) is 3. The molecule has 0 spiro atoms. The van der Waals surface area contributed by atoms with Crippen molar-refractivity contribution < 1.29 is 14.3 Å². The smallest absolute Gasteiger partial charge is 0.173 e. The van der Waals surface area contributed by atoms with E-state index in [0.29, 0.717) is 5.75 Å². The predicted molar refractivity (Wildman–Crippen MR) is 90.5 cm³/mol. The molecule has 23 heavy (non-hydrogen) atoms. The molecule has 0 saturated heterocycles. The Labute approximate surface area is 137 Å². The fourth-order valence-electron chi connectivity index (χ4n) is 3.38. The summed E-state index contributed by atoms with van der Waals surface area (Å²) < 4.78 is 11.5. The van der Waals surface area contributed by atoms with E-state index in [-0.39, 0.29) is 17.8 Å². The first kappa shape index (κ1) is 15.6. The van der Waals surface area contributed by atoms with Gasteiger partial charge in [-0.25, -0.2) is 0 Å². The Bertz CT molecular complexity index is 777. The molecule has 2 aromatic carbocycles. The SMILES string of the molecule is COc1ccc(C2Oc3cc(C)cc(C)c3C(=O)C2C)cc1C. The molecule has 3 heteroatoms. The van der Waals surface area contributed by atoms with Gasteiger partial charge in [0.2, 0.25) is 0 Å². The number of ether oxygens (including phenoxy) is 2. The van der Waals surface area contributed by atoms with E-state index < -0.39 is 0 Å². The summed E-state index contributed by atoms with van der Waals surface area (Å²) in [5, 5.41) is 0. The van der Waals surface area contributed by atoms with Crippen LogP contribution in [0, 0.1) is 26.7 Å². The Kier molecular flexibility index (Phi) is 3.88. The van der Waals surface area contributed by atoms with Crippen molar-refractivity contribution in [2.75, 3.05) is 7.11 Å². The van der Waals surface area contributed by atoms with Crippen LogP contribution < -0.4 is 9.47 Å². The van der Waals surface area contributed by atoms with Gasteiger partial charge in [-0.15, -0.1) is 0 Å². The summed E-state index contributed by atoms with van der Waals surface area (Å²) >= 11 is 0. The molecule has 2 unspecified atom stereocenters. The topological polar surface area (TPSA) is 35.5 Å². The second kappa shape index (κ2) is 5.73. The van der Waals surface area contributed by atoms with Crippen LogP contribution in [0.25, 0.3) is 0 Å². The van der Waals surface area contributed by atoms with Crippen LogP contribution in [-0.4, -0.2) is 12.9 Å². The number of carbonyl (C=O) groups excluding carboxylic acids is 1. The quantitative estimate of drug-likeness (QED) is 0.815. The number of ketones is 1. The first-order chi connectivity index (χ1) is 10.9. The van der Waals surface area contributed by atoms with Gasteiger partial charge in [0.25, 0.3) is 0 Å². The van der Waals surface area contributed by atoms with Crippen LogP contribution in [0.3, 0.4) is 0 Å². The van der Waals surface area contributed by atoms with Crippen molar-refractivity contribution in [3.05, 3.63) is 58.1 Å². The van der Waals surface area contributed by atoms with Crippen LogP contribution in [0.4, 0.5) is 0 Å². The molecule has 0 saturated carbocycles. The number of Topliss-reactive ketones (excluding diaryl/α,β-unsaturated/α-hetero) is 1. The molecule has 0 N–H and O–H groups in total. The molecule has 1 aliphatic rings. The van der Waals surface area contributed by atoms with Crippen LogP contribution in [-0.2, 0) is 0 Å². The number of carbonyl (C=O) groups is 1. The first-order valence-corrected chi connectivity index (χ1v) is 7.89. The van der Waals surface area contributed by atoms with Gasteiger partial charge < -0.3 is 9.47 Å². The van der Waals surface area contributed by atoms with Gasteiger partial charge in [-0.2, -0.15) is 0 Å². The van der Waals surface area contributed by atoms with E-state index in [1.807, 2.05) is 58.0 Å². The maximum atomic E-state index is 12.8. The van der Waals surface area contributed by atoms with Crippen molar-refractivity contribution in [1.82, 2.24) is 0 Å². The lowest BCUT2D eigenvalue weighted by molar-refractivity contribution is 0.0689. The summed E-state index contributed by atoms with van der Waals surface area (Å²) in [6, 6.07) is 9.94.